The first-order valence-electron chi connectivity index (χ1n) is 12.1. The number of imidazole rings is 1. The van der Waals surface area contributed by atoms with Crippen LogP contribution in [-0.4, -0.2) is 84.1 Å². The first-order chi connectivity index (χ1) is 18.1. The molecule has 1 aliphatic carbocycles. The van der Waals surface area contributed by atoms with Crippen molar-refractivity contribution < 1.29 is 32.1 Å². The standard InChI is InChI=1S/C16H21F3N4O2.C5H7N3O2.C3H6/c1-23(6-5-20-11-24)9-12-2-3-13-14(8-12)22-15(21-13)4-7-25-10-16(17,18)19;1-3-4(5(9)6-2)8-10-7-3;1-2-3-1/h2-3,8,11H,4-7,9-10H2,1H3,(H,20,24)(H,21,22);1-2H3,(H,6,9);1-3H2. The van der Waals surface area contributed by atoms with Gasteiger partial charge in [0.05, 0.1) is 17.6 Å². The van der Waals surface area contributed by atoms with E-state index in [1.807, 2.05) is 25.2 Å². The highest BCUT2D eigenvalue weighted by molar-refractivity contribution is 5.92. The van der Waals surface area contributed by atoms with Gasteiger partial charge >= 0.3 is 6.18 Å². The van der Waals surface area contributed by atoms with Crippen LogP contribution in [0.2, 0.25) is 0 Å². The number of fused-ring (bicyclic) bond motifs is 1. The summed E-state index contributed by atoms with van der Waals surface area (Å²) in [6, 6.07) is 5.79. The number of alkyl halides is 3. The number of rotatable bonds is 11. The van der Waals surface area contributed by atoms with Gasteiger partial charge in [-0.2, -0.15) is 13.2 Å². The number of benzene rings is 1. The molecular formula is C24H34F3N7O4. The second kappa shape index (κ2) is 15.7. The highest BCUT2D eigenvalue weighted by Gasteiger charge is 2.27. The second-order valence-corrected chi connectivity index (χ2v) is 8.60. The molecule has 4 rings (SSSR count). The SMILES string of the molecule is C1CC1.CN(CCNC=O)Cc1ccc2nc(CCOCC(F)(F)F)[nH]c2c1.CNC(=O)c1nonc1C. The fraction of sp³-hybridized carbons (Fsp3) is 0.542. The molecule has 2 amide bonds. The van der Waals surface area contributed by atoms with Crippen molar-refractivity contribution in [1.82, 2.24) is 35.8 Å². The van der Waals surface area contributed by atoms with E-state index in [0.717, 1.165) is 23.1 Å². The van der Waals surface area contributed by atoms with Crippen molar-refractivity contribution in [1.29, 1.82) is 0 Å². The zero-order valence-corrected chi connectivity index (χ0v) is 21.7. The molecular weight excluding hydrogens is 507 g/mol. The van der Waals surface area contributed by atoms with Crippen molar-refractivity contribution in [2.75, 3.05) is 40.4 Å². The number of likely N-dealkylation sites (N-methyl/N-ethyl adjacent to an activating group) is 1. The fourth-order valence-electron chi connectivity index (χ4n) is 2.94. The number of H-pyrrole nitrogens is 1. The van der Waals surface area contributed by atoms with Crippen molar-refractivity contribution in [3.63, 3.8) is 0 Å². The number of hydrogen-bond acceptors (Lipinski definition) is 8. The number of amides is 2. The summed E-state index contributed by atoms with van der Waals surface area (Å²) in [7, 11) is 3.48. The van der Waals surface area contributed by atoms with Gasteiger partial charge in [-0.3, -0.25) is 9.59 Å². The quantitative estimate of drug-likeness (QED) is 0.249. The van der Waals surface area contributed by atoms with Crippen molar-refractivity contribution in [2.24, 2.45) is 0 Å². The van der Waals surface area contributed by atoms with E-state index in [-0.39, 0.29) is 24.6 Å². The van der Waals surface area contributed by atoms with E-state index in [1.54, 1.807) is 6.92 Å². The highest BCUT2D eigenvalue weighted by atomic mass is 19.4. The average Bonchev–Trinajstić information content (AvgIpc) is 3.61. The summed E-state index contributed by atoms with van der Waals surface area (Å²) in [5, 5.41) is 11.8. The molecule has 3 aromatic rings. The lowest BCUT2D eigenvalue weighted by Gasteiger charge is -2.16. The van der Waals surface area contributed by atoms with Crippen LogP contribution in [0.1, 0.15) is 46.8 Å². The van der Waals surface area contributed by atoms with Crippen LogP contribution in [0, 0.1) is 6.92 Å². The van der Waals surface area contributed by atoms with Crippen LogP contribution < -0.4 is 10.6 Å². The lowest BCUT2D eigenvalue weighted by Crippen LogP contribution is -2.28. The molecule has 2 aromatic heterocycles. The van der Waals surface area contributed by atoms with E-state index in [9.17, 15) is 22.8 Å². The van der Waals surface area contributed by atoms with Crippen LogP contribution in [0.4, 0.5) is 13.2 Å². The molecule has 0 bridgehead atoms. The van der Waals surface area contributed by atoms with Gasteiger partial charge in [-0.15, -0.1) is 0 Å². The van der Waals surface area contributed by atoms with Crippen LogP contribution in [0.25, 0.3) is 11.0 Å². The predicted molar refractivity (Wildman–Crippen MR) is 133 cm³/mol. The Kier molecular flexibility index (Phi) is 12.7. The van der Waals surface area contributed by atoms with Gasteiger partial charge < -0.3 is 25.3 Å². The minimum atomic E-state index is -4.31. The number of hydrogen-bond donors (Lipinski definition) is 3. The summed E-state index contributed by atoms with van der Waals surface area (Å²) in [6.45, 7) is 2.37. The monoisotopic (exact) mass is 541 g/mol. The zero-order valence-electron chi connectivity index (χ0n) is 21.7. The molecule has 0 spiro atoms. The van der Waals surface area contributed by atoms with Crippen LogP contribution in [-0.2, 0) is 22.5 Å². The molecule has 1 aliphatic rings. The first kappa shape index (κ1) is 30.7. The Morgan fingerprint density at radius 1 is 1.26 bits per heavy atom. The maximum absolute atomic E-state index is 12.0. The molecule has 0 atom stereocenters. The van der Waals surface area contributed by atoms with E-state index in [0.29, 0.717) is 31.0 Å². The number of carbonyl (C=O) groups excluding carboxylic acids is 2. The molecule has 14 heteroatoms. The molecule has 2 heterocycles. The molecule has 1 fully saturated rings. The maximum Gasteiger partial charge on any atom is 0.411 e. The van der Waals surface area contributed by atoms with Crippen molar-refractivity contribution in [2.45, 2.75) is 45.3 Å². The lowest BCUT2D eigenvalue weighted by atomic mass is 10.2. The largest absolute Gasteiger partial charge is 0.411 e. The molecule has 3 N–H and O–H groups in total. The minimum absolute atomic E-state index is 0.0430. The van der Waals surface area contributed by atoms with E-state index in [1.165, 1.54) is 26.3 Å². The Morgan fingerprint density at radius 2 is 2.00 bits per heavy atom. The molecule has 1 aromatic carbocycles. The Labute approximate surface area is 218 Å². The molecule has 11 nitrogen and oxygen atoms in total. The van der Waals surface area contributed by atoms with Gasteiger partial charge in [0, 0.05) is 33.1 Å². The van der Waals surface area contributed by atoms with Crippen LogP contribution in [0.3, 0.4) is 0 Å². The van der Waals surface area contributed by atoms with Gasteiger partial charge in [-0.05, 0) is 36.8 Å². The predicted octanol–water partition coefficient (Wildman–Crippen LogP) is 2.77. The average molecular weight is 542 g/mol. The fourth-order valence-corrected chi connectivity index (χ4v) is 2.94. The van der Waals surface area contributed by atoms with Crippen molar-refractivity contribution in [3.05, 3.63) is 41.0 Å². The third kappa shape index (κ3) is 12.1. The number of aromatic nitrogens is 4. The van der Waals surface area contributed by atoms with E-state index >= 15 is 0 Å². The van der Waals surface area contributed by atoms with Crippen LogP contribution in [0.15, 0.2) is 22.8 Å². The third-order valence-corrected chi connectivity index (χ3v) is 4.97. The smallest absolute Gasteiger partial charge is 0.372 e. The minimum Gasteiger partial charge on any atom is -0.372 e. The number of nitrogens with one attached hydrogen (secondary N) is 3. The molecule has 0 radical (unpaired) electrons. The number of nitrogens with zero attached hydrogens (tertiary/aromatic N) is 4. The lowest BCUT2D eigenvalue weighted by molar-refractivity contribution is -0.173. The normalized spacial score (nSPS) is 12.3. The number of aromatic amines is 1. The van der Waals surface area contributed by atoms with E-state index < -0.39 is 12.8 Å². The van der Waals surface area contributed by atoms with Gasteiger partial charge in [0.25, 0.3) is 5.91 Å². The van der Waals surface area contributed by atoms with Crippen LogP contribution in [0.5, 0.6) is 0 Å². The highest BCUT2D eigenvalue weighted by Crippen LogP contribution is 2.17. The maximum atomic E-state index is 12.0. The number of halogens is 3. The molecule has 0 unspecified atom stereocenters. The van der Waals surface area contributed by atoms with Crippen molar-refractivity contribution >= 4 is 23.4 Å². The Hall–Kier alpha value is -3.52. The van der Waals surface area contributed by atoms with Crippen molar-refractivity contribution in [3.8, 4) is 0 Å². The zero-order chi connectivity index (χ0) is 28.0. The van der Waals surface area contributed by atoms with Gasteiger partial charge in [0.2, 0.25) is 6.41 Å². The molecule has 1 saturated carbocycles. The molecule has 0 saturated heterocycles. The van der Waals surface area contributed by atoms with Gasteiger partial charge in [-0.25, -0.2) is 9.61 Å². The third-order valence-electron chi connectivity index (χ3n) is 4.97. The molecule has 0 aliphatic heterocycles. The number of carbonyl (C=O) groups is 2. The Bertz CT molecular complexity index is 1130. The summed E-state index contributed by atoms with van der Waals surface area (Å²) < 4.78 is 45.0. The van der Waals surface area contributed by atoms with E-state index in [4.69, 9.17) is 0 Å². The van der Waals surface area contributed by atoms with E-state index in [2.05, 4.69) is 45.2 Å². The van der Waals surface area contributed by atoms with Crippen LogP contribution >= 0.6 is 0 Å². The second-order valence-electron chi connectivity index (χ2n) is 8.60. The summed E-state index contributed by atoms with van der Waals surface area (Å²) in [5.74, 6) is 0.316. The summed E-state index contributed by atoms with van der Waals surface area (Å²) in [6.07, 6.45) is 1.15. The summed E-state index contributed by atoms with van der Waals surface area (Å²) >= 11 is 0. The van der Waals surface area contributed by atoms with Gasteiger partial charge in [0.1, 0.15) is 18.1 Å². The molecule has 210 valence electrons. The summed E-state index contributed by atoms with van der Waals surface area (Å²) in [4.78, 5) is 30.6. The van der Waals surface area contributed by atoms with Gasteiger partial charge in [0.15, 0.2) is 5.69 Å². The molecule has 38 heavy (non-hydrogen) atoms. The summed E-state index contributed by atoms with van der Waals surface area (Å²) in [5.41, 5.74) is 3.41. The first-order valence-corrected chi connectivity index (χ1v) is 12.1. The number of ether oxygens (including phenoxy) is 1. The Balaban J connectivity index is 0.000000318. The Morgan fingerprint density at radius 3 is 2.58 bits per heavy atom. The van der Waals surface area contributed by atoms with Gasteiger partial charge in [-0.1, -0.05) is 30.5 Å². The number of aryl methyl sites for hydroxylation is 1. The topological polar surface area (TPSA) is 138 Å².